The first-order valence-corrected chi connectivity index (χ1v) is 5.41. The molecule has 6 nitrogen and oxygen atoms in total. The second kappa shape index (κ2) is 4.48. The molecular formula is C12H14N4O2. The minimum Gasteiger partial charge on any atom is -0.464 e. The molecule has 0 saturated carbocycles. The molecule has 0 atom stereocenters. The fraction of sp³-hybridized carbons (Fsp3) is 0.250. The molecule has 1 aromatic heterocycles. The van der Waals surface area contributed by atoms with Gasteiger partial charge in [0.1, 0.15) is 0 Å². The number of carbonyl (C=O) groups excluding carboxylic acids is 1. The number of nitrogens with zero attached hydrogens (tertiary/aromatic N) is 3. The van der Waals surface area contributed by atoms with Crippen LogP contribution in [0.2, 0.25) is 0 Å². The van der Waals surface area contributed by atoms with Crippen molar-refractivity contribution in [2.75, 3.05) is 12.8 Å². The van der Waals surface area contributed by atoms with Crippen LogP contribution in [0, 0.1) is 13.8 Å². The standard InChI is InChI=1S/C12H14N4O2/c1-7-4-5-9(8(2)6-7)16-11(13)10(14-15-16)12(17)18-3/h4-6H,13H2,1-3H3. The molecule has 18 heavy (non-hydrogen) atoms. The van der Waals surface area contributed by atoms with Gasteiger partial charge in [0.15, 0.2) is 5.82 Å². The van der Waals surface area contributed by atoms with Crippen LogP contribution < -0.4 is 5.73 Å². The van der Waals surface area contributed by atoms with Crippen LogP contribution in [0.5, 0.6) is 0 Å². The van der Waals surface area contributed by atoms with Crippen molar-refractivity contribution in [2.24, 2.45) is 0 Å². The Bertz CT molecular complexity index is 604. The zero-order chi connectivity index (χ0) is 13.3. The highest BCUT2D eigenvalue weighted by Crippen LogP contribution is 2.19. The Kier molecular flexibility index (Phi) is 3.01. The number of aromatic nitrogens is 3. The fourth-order valence-electron chi connectivity index (χ4n) is 1.75. The lowest BCUT2D eigenvalue weighted by Gasteiger charge is -2.07. The van der Waals surface area contributed by atoms with Gasteiger partial charge in [0.2, 0.25) is 5.69 Å². The molecule has 0 radical (unpaired) electrons. The normalized spacial score (nSPS) is 10.4. The number of esters is 1. The number of anilines is 1. The van der Waals surface area contributed by atoms with Crippen molar-refractivity contribution >= 4 is 11.8 Å². The summed E-state index contributed by atoms with van der Waals surface area (Å²) in [4.78, 5) is 11.4. The van der Waals surface area contributed by atoms with E-state index in [0.717, 1.165) is 16.8 Å². The zero-order valence-corrected chi connectivity index (χ0v) is 10.5. The minimum atomic E-state index is -0.594. The molecule has 94 valence electrons. The van der Waals surface area contributed by atoms with Crippen LogP contribution in [0.3, 0.4) is 0 Å². The number of aryl methyl sites for hydroxylation is 2. The predicted octanol–water partition coefficient (Wildman–Crippen LogP) is 1.25. The van der Waals surface area contributed by atoms with Gasteiger partial charge in [-0.2, -0.15) is 4.68 Å². The maximum atomic E-state index is 11.4. The third kappa shape index (κ3) is 1.92. The van der Waals surface area contributed by atoms with Crippen LogP contribution >= 0.6 is 0 Å². The summed E-state index contributed by atoms with van der Waals surface area (Å²) in [7, 11) is 1.28. The van der Waals surface area contributed by atoms with E-state index in [9.17, 15) is 4.79 Å². The molecule has 6 heteroatoms. The Hall–Kier alpha value is -2.37. The van der Waals surface area contributed by atoms with Crippen LogP contribution in [0.25, 0.3) is 5.69 Å². The van der Waals surface area contributed by atoms with E-state index in [1.54, 1.807) is 0 Å². The molecule has 0 fully saturated rings. The van der Waals surface area contributed by atoms with E-state index in [2.05, 4.69) is 15.0 Å². The smallest absolute Gasteiger partial charge is 0.362 e. The Morgan fingerprint density at radius 1 is 1.39 bits per heavy atom. The number of benzene rings is 1. The second-order valence-corrected chi connectivity index (χ2v) is 4.02. The van der Waals surface area contributed by atoms with E-state index < -0.39 is 5.97 Å². The molecule has 1 heterocycles. The topological polar surface area (TPSA) is 83.0 Å². The van der Waals surface area contributed by atoms with Gasteiger partial charge in [-0.1, -0.05) is 22.9 Å². The molecule has 0 aliphatic heterocycles. The Balaban J connectivity index is 2.52. The fourth-order valence-corrected chi connectivity index (χ4v) is 1.75. The van der Waals surface area contributed by atoms with Crippen LogP contribution in [-0.2, 0) is 4.74 Å². The third-order valence-electron chi connectivity index (χ3n) is 2.66. The van der Waals surface area contributed by atoms with Gasteiger partial charge < -0.3 is 10.5 Å². The number of ether oxygens (including phenoxy) is 1. The van der Waals surface area contributed by atoms with Gasteiger partial charge >= 0.3 is 5.97 Å². The highest BCUT2D eigenvalue weighted by Gasteiger charge is 2.19. The van der Waals surface area contributed by atoms with Gasteiger partial charge in [0, 0.05) is 0 Å². The highest BCUT2D eigenvalue weighted by atomic mass is 16.5. The molecule has 1 aromatic carbocycles. The van der Waals surface area contributed by atoms with Crippen molar-refractivity contribution in [3.8, 4) is 5.69 Å². The van der Waals surface area contributed by atoms with Crippen LogP contribution in [0.4, 0.5) is 5.82 Å². The zero-order valence-electron chi connectivity index (χ0n) is 10.5. The molecule has 0 saturated heterocycles. The van der Waals surface area contributed by atoms with Crippen molar-refractivity contribution in [1.29, 1.82) is 0 Å². The summed E-state index contributed by atoms with van der Waals surface area (Å²) in [6.45, 7) is 3.95. The van der Waals surface area contributed by atoms with Crippen LogP contribution in [0.1, 0.15) is 21.6 Å². The largest absolute Gasteiger partial charge is 0.464 e. The minimum absolute atomic E-state index is 0.0254. The number of nitrogen functional groups attached to an aromatic ring is 1. The van der Waals surface area contributed by atoms with E-state index >= 15 is 0 Å². The highest BCUT2D eigenvalue weighted by molar-refractivity contribution is 5.92. The van der Waals surface area contributed by atoms with Gasteiger partial charge in [0.05, 0.1) is 12.8 Å². The summed E-state index contributed by atoms with van der Waals surface area (Å²) in [5.41, 5.74) is 8.82. The van der Waals surface area contributed by atoms with E-state index in [-0.39, 0.29) is 11.5 Å². The van der Waals surface area contributed by atoms with Gasteiger partial charge in [-0.15, -0.1) is 5.10 Å². The lowest BCUT2D eigenvalue weighted by molar-refractivity contribution is 0.0595. The predicted molar refractivity (Wildman–Crippen MR) is 66.6 cm³/mol. The lowest BCUT2D eigenvalue weighted by atomic mass is 10.1. The molecule has 0 aliphatic carbocycles. The van der Waals surface area contributed by atoms with Gasteiger partial charge in [-0.25, -0.2) is 4.79 Å². The summed E-state index contributed by atoms with van der Waals surface area (Å²) >= 11 is 0. The monoisotopic (exact) mass is 246 g/mol. The summed E-state index contributed by atoms with van der Waals surface area (Å²) in [6, 6.07) is 5.84. The number of methoxy groups -OCH3 is 1. The van der Waals surface area contributed by atoms with E-state index in [0.29, 0.717) is 0 Å². The summed E-state index contributed by atoms with van der Waals surface area (Å²) in [5, 5.41) is 7.63. The average Bonchev–Trinajstić information content (AvgIpc) is 2.70. The maximum Gasteiger partial charge on any atom is 0.362 e. The lowest BCUT2D eigenvalue weighted by Crippen LogP contribution is -2.08. The van der Waals surface area contributed by atoms with E-state index in [1.807, 2.05) is 32.0 Å². The molecule has 0 spiro atoms. The average molecular weight is 246 g/mol. The first kappa shape index (κ1) is 12.1. The van der Waals surface area contributed by atoms with Crippen molar-refractivity contribution in [1.82, 2.24) is 15.0 Å². The quantitative estimate of drug-likeness (QED) is 0.806. The Labute approximate surface area is 104 Å². The van der Waals surface area contributed by atoms with E-state index in [1.165, 1.54) is 11.8 Å². The molecule has 0 unspecified atom stereocenters. The number of carbonyl (C=O) groups is 1. The molecule has 0 bridgehead atoms. The summed E-state index contributed by atoms with van der Waals surface area (Å²) in [5.74, 6) is -0.419. The van der Waals surface area contributed by atoms with Crippen molar-refractivity contribution in [3.63, 3.8) is 0 Å². The number of rotatable bonds is 2. The summed E-state index contributed by atoms with van der Waals surface area (Å²) in [6.07, 6.45) is 0. The van der Waals surface area contributed by atoms with Crippen molar-refractivity contribution < 1.29 is 9.53 Å². The third-order valence-corrected chi connectivity index (χ3v) is 2.66. The van der Waals surface area contributed by atoms with Gasteiger partial charge in [-0.05, 0) is 25.5 Å². The van der Waals surface area contributed by atoms with Gasteiger partial charge in [0.25, 0.3) is 0 Å². The summed E-state index contributed by atoms with van der Waals surface area (Å²) < 4.78 is 6.01. The number of hydrogen-bond donors (Lipinski definition) is 1. The molecule has 0 amide bonds. The van der Waals surface area contributed by atoms with Crippen LogP contribution in [-0.4, -0.2) is 28.1 Å². The molecule has 0 aliphatic rings. The molecule has 2 aromatic rings. The van der Waals surface area contributed by atoms with Crippen LogP contribution in [0.15, 0.2) is 18.2 Å². The SMILES string of the molecule is COC(=O)c1nnn(-c2ccc(C)cc2C)c1N. The Morgan fingerprint density at radius 3 is 2.72 bits per heavy atom. The molecule has 2 rings (SSSR count). The first-order valence-electron chi connectivity index (χ1n) is 5.41. The maximum absolute atomic E-state index is 11.4. The molecule has 2 N–H and O–H groups in total. The number of hydrogen-bond acceptors (Lipinski definition) is 5. The van der Waals surface area contributed by atoms with Crippen molar-refractivity contribution in [2.45, 2.75) is 13.8 Å². The van der Waals surface area contributed by atoms with E-state index in [4.69, 9.17) is 5.73 Å². The Morgan fingerprint density at radius 2 is 2.11 bits per heavy atom. The molecular weight excluding hydrogens is 232 g/mol. The second-order valence-electron chi connectivity index (χ2n) is 4.02. The van der Waals surface area contributed by atoms with Crippen molar-refractivity contribution in [3.05, 3.63) is 35.0 Å². The van der Waals surface area contributed by atoms with Gasteiger partial charge in [-0.3, -0.25) is 0 Å². The number of nitrogens with two attached hydrogens (primary N) is 1. The first-order chi connectivity index (χ1) is 8.54.